The lowest BCUT2D eigenvalue weighted by Gasteiger charge is -2.33. The number of hydrogen-bond acceptors (Lipinski definition) is 2. The van der Waals surface area contributed by atoms with Gasteiger partial charge in [-0.05, 0) is 0 Å². The van der Waals surface area contributed by atoms with Crippen molar-refractivity contribution in [2.45, 2.75) is 24.3 Å². The van der Waals surface area contributed by atoms with Crippen LogP contribution in [0.15, 0.2) is 0 Å². The predicted octanol–water partition coefficient (Wildman–Crippen LogP) is 2.47. The van der Waals surface area contributed by atoms with Crippen molar-refractivity contribution >= 4 is 5.97 Å². The van der Waals surface area contributed by atoms with Gasteiger partial charge in [-0.2, -0.15) is 26.3 Å². The van der Waals surface area contributed by atoms with Gasteiger partial charge in [-0.15, -0.1) is 13.2 Å². The molecule has 0 atom stereocenters. The minimum absolute atomic E-state index is 1.77. The normalized spacial score (nSPS) is 14.9. The van der Waals surface area contributed by atoms with Crippen molar-refractivity contribution in [2.24, 2.45) is 0 Å². The first-order valence-electron chi connectivity index (χ1n) is 3.29. The smallest absolute Gasteiger partial charge is 0.479 e. The van der Waals surface area contributed by atoms with Gasteiger partial charge in [-0.1, -0.05) is 0 Å². The van der Waals surface area contributed by atoms with E-state index in [0.29, 0.717) is 0 Å². The molecule has 0 aliphatic rings. The fourth-order valence-corrected chi connectivity index (χ4v) is 0.736. The lowest BCUT2D eigenvalue weighted by Crippen LogP contribution is -2.65. The molecule has 0 saturated heterocycles. The first-order chi connectivity index (χ1) is 7.15. The molecule has 3 nitrogen and oxygen atoms in total. The van der Waals surface area contributed by atoms with Crippen LogP contribution in [-0.4, -0.2) is 35.4 Å². The molecule has 0 aromatic rings. The molecule has 0 rings (SSSR count). The number of carboxylic acids is 1. The van der Waals surface area contributed by atoms with E-state index in [1.807, 2.05) is 0 Å². The van der Waals surface area contributed by atoms with E-state index in [4.69, 9.17) is 5.11 Å². The Morgan fingerprint density at radius 3 is 1.18 bits per heavy atom. The van der Waals surface area contributed by atoms with E-state index < -0.39 is 30.3 Å². The summed E-state index contributed by atoms with van der Waals surface area (Å²) in [5, 5.41) is 7.79. The fraction of sp³-hybridized carbons (Fsp3) is 0.800. The monoisotopic (exact) mass is 280 g/mol. The number of aliphatic carboxylic acids is 1. The fourth-order valence-electron chi connectivity index (χ4n) is 0.736. The summed E-state index contributed by atoms with van der Waals surface area (Å²) in [7, 11) is 0. The third-order valence-corrected chi connectivity index (χ3v) is 1.37. The molecule has 0 aliphatic heterocycles. The largest absolute Gasteiger partial charge is 0.524 e. The second kappa shape index (κ2) is 3.92. The predicted molar refractivity (Wildman–Crippen MR) is 29.6 cm³/mol. The molecule has 12 heteroatoms. The Morgan fingerprint density at radius 1 is 0.824 bits per heavy atom. The highest BCUT2D eigenvalue weighted by molar-refractivity contribution is 5.80. The Balaban J connectivity index is 5.88. The second-order valence-electron chi connectivity index (χ2n) is 2.53. The number of ether oxygens (including phenoxy) is 1. The van der Waals surface area contributed by atoms with Crippen LogP contribution in [0.1, 0.15) is 0 Å². The number of hydrogen-bond donors (Lipinski definition) is 1. The molecule has 0 amide bonds. The first-order valence-corrected chi connectivity index (χ1v) is 3.29. The van der Waals surface area contributed by atoms with Crippen LogP contribution in [0.25, 0.3) is 0 Å². The summed E-state index contributed by atoms with van der Waals surface area (Å²) >= 11 is 0. The average Bonchev–Trinajstić information content (AvgIpc) is 1.92. The molecular weight excluding hydrogens is 279 g/mol. The van der Waals surface area contributed by atoms with Gasteiger partial charge in [0.15, 0.2) is 0 Å². The summed E-state index contributed by atoms with van der Waals surface area (Å²) in [6.45, 7) is 0. The van der Waals surface area contributed by atoms with Gasteiger partial charge in [0.1, 0.15) is 0 Å². The highest BCUT2D eigenvalue weighted by Crippen LogP contribution is 2.48. The summed E-state index contributed by atoms with van der Waals surface area (Å²) in [5.41, 5.74) is -6.35. The standard InChI is InChI=1S/C5HF9O3/c6-3(7,8)2(1(15)16,4(9,10)11)17-5(12,13)14/h(H,15,16). The molecule has 0 bridgehead atoms. The molecule has 0 spiro atoms. The van der Waals surface area contributed by atoms with E-state index in [0.717, 1.165) is 0 Å². The summed E-state index contributed by atoms with van der Waals surface area (Å²) < 4.78 is 108. The number of carboxylic acid groups (broad SMARTS) is 1. The molecule has 0 unspecified atom stereocenters. The van der Waals surface area contributed by atoms with Crippen LogP contribution in [0.3, 0.4) is 0 Å². The summed E-state index contributed by atoms with van der Waals surface area (Å²) in [6, 6.07) is 0. The van der Waals surface area contributed by atoms with Gasteiger partial charge in [0.25, 0.3) is 0 Å². The lowest BCUT2D eigenvalue weighted by atomic mass is 10.0. The number of rotatable bonds is 2. The van der Waals surface area contributed by atoms with Gasteiger partial charge in [-0.25, -0.2) is 4.79 Å². The van der Waals surface area contributed by atoms with Crippen molar-refractivity contribution < 1.29 is 54.2 Å². The molecule has 0 aliphatic carbocycles. The topological polar surface area (TPSA) is 46.5 Å². The summed E-state index contributed by atoms with van der Waals surface area (Å²) in [6.07, 6.45) is -20.1. The zero-order valence-corrected chi connectivity index (χ0v) is 7.17. The molecule has 0 radical (unpaired) electrons. The van der Waals surface area contributed by atoms with Crippen molar-refractivity contribution in [3.8, 4) is 0 Å². The summed E-state index contributed by atoms with van der Waals surface area (Å²) in [5.74, 6) is -3.87. The molecule has 102 valence electrons. The molecule has 0 aromatic carbocycles. The van der Waals surface area contributed by atoms with E-state index >= 15 is 0 Å². The van der Waals surface area contributed by atoms with E-state index in [1.165, 1.54) is 0 Å². The number of carbonyl (C=O) groups is 1. The zero-order chi connectivity index (χ0) is 14.3. The van der Waals surface area contributed by atoms with Gasteiger partial charge in [0.2, 0.25) is 0 Å². The van der Waals surface area contributed by atoms with E-state index in [-0.39, 0.29) is 0 Å². The van der Waals surface area contributed by atoms with Crippen LogP contribution >= 0.6 is 0 Å². The minimum atomic E-state index is -6.84. The van der Waals surface area contributed by atoms with E-state index in [1.54, 1.807) is 4.74 Å². The molecule has 0 fully saturated rings. The Labute approximate surface area is 85.8 Å². The van der Waals surface area contributed by atoms with Crippen LogP contribution in [0.2, 0.25) is 0 Å². The summed E-state index contributed by atoms with van der Waals surface area (Å²) in [4.78, 5) is 9.93. The van der Waals surface area contributed by atoms with Crippen LogP contribution < -0.4 is 0 Å². The molecule has 1 N–H and O–H groups in total. The zero-order valence-electron chi connectivity index (χ0n) is 7.17. The quantitative estimate of drug-likeness (QED) is 0.790. The third kappa shape index (κ3) is 2.92. The Kier molecular flexibility index (Phi) is 3.65. The first kappa shape index (κ1) is 15.8. The van der Waals surface area contributed by atoms with Crippen molar-refractivity contribution in [2.75, 3.05) is 0 Å². The van der Waals surface area contributed by atoms with Gasteiger partial charge >= 0.3 is 30.3 Å². The maximum atomic E-state index is 11.9. The van der Waals surface area contributed by atoms with Gasteiger partial charge < -0.3 is 5.11 Å². The number of halogens is 9. The maximum absolute atomic E-state index is 11.9. The minimum Gasteiger partial charge on any atom is -0.479 e. The van der Waals surface area contributed by atoms with Crippen LogP contribution in [0.5, 0.6) is 0 Å². The SMILES string of the molecule is O=C(O)C(OC(F)(F)F)(C(F)(F)F)C(F)(F)F. The Morgan fingerprint density at radius 2 is 1.12 bits per heavy atom. The second-order valence-corrected chi connectivity index (χ2v) is 2.53. The highest BCUT2D eigenvalue weighted by atomic mass is 19.4. The third-order valence-electron chi connectivity index (χ3n) is 1.37. The lowest BCUT2D eigenvalue weighted by molar-refractivity contribution is -0.454. The van der Waals surface area contributed by atoms with Crippen molar-refractivity contribution in [1.29, 1.82) is 0 Å². The Bertz CT molecular complexity index is 283. The highest BCUT2D eigenvalue weighted by Gasteiger charge is 2.81. The van der Waals surface area contributed by atoms with Crippen LogP contribution in [-0.2, 0) is 9.53 Å². The molecular formula is C5HF9O3. The number of alkyl halides is 9. The van der Waals surface area contributed by atoms with Gasteiger partial charge in [-0.3, -0.25) is 4.74 Å². The Hall–Kier alpha value is -1.20. The molecule has 0 aromatic heterocycles. The maximum Gasteiger partial charge on any atom is 0.524 e. The van der Waals surface area contributed by atoms with E-state index in [9.17, 15) is 44.3 Å². The van der Waals surface area contributed by atoms with E-state index in [2.05, 4.69) is 0 Å². The van der Waals surface area contributed by atoms with Crippen molar-refractivity contribution in [1.82, 2.24) is 0 Å². The van der Waals surface area contributed by atoms with Gasteiger partial charge in [0, 0.05) is 0 Å². The molecule has 0 heterocycles. The van der Waals surface area contributed by atoms with Crippen molar-refractivity contribution in [3.05, 3.63) is 0 Å². The van der Waals surface area contributed by atoms with Crippen LogP contribution in [0.4, 0.5) is 39.5 Å². The average molecular weight is 280 g/mol. The molecule has 0 saturated carbocycles. The van der Waals surface area contributed by atoms with Gasteiger partial charge in [0.05, 0.1) is 0 Å². The van der Waals surface area contributed by atoms with Crippen LogP contribution in [0, 0.1) is 0 Å². The molecule has 17 heavy (non-hydrogen) atoms. The van der Waals surface area contributed by atoms with Crippen molar-refractivity contribution in [3.63, 3.8) is 0 Å².